The Bertz CT molecular complexity index is 179. The van der Waals surface area contributed by atoms with Gasteiger partial charge in [0.1, 0.15) is 0 Å². The summed E-state index contributed by atoms with van der Waals surface area (Å²) in [6, 6.07) is -0.773. The first-order chi connectivity index (χ1) is 5.13. The number of nitrogens with one attached hydrogen (secondary N) is 1. The number of hydrogen-bond donors (Lipinski definition) is 2. The SMILES string of the molecule is CCC(NC=O)C(=O)C(N)=O. The lowest BCUT2D eigenvalue weighted by Crippen LogP contribution is -2.42. The van der Waals surface area contributed by atoms with Gasteiger partial charge >= 0.3 is 0 Å². The predicted molar refractivity (Wildman–Crippen MR) is 37.5 cm³/mol. The van der Waals surface area contributed by atoms with Crippen molar-refractivity contribution in [3.63, 3.8) is 0 Å². The molecule has 0 aliphatic carbocycles. The minimum atomic E-state index is -1.02. The molecule has 1 unspecified atom stereocenters. The van der Waals surface area contributed by atoms with Gasteiger partial charge in [0, 0.05) is 0 Å². The molecule has 11 heavy (non-hydrogen) atoms. The average Bonchev–Trinajstić information content (AvgIpc) is 1.98. The van der Waals surface area contributed by atoms with Crippen LogP contribution in [0, 0.1) is 0 Å². The Morgan fingerprint density at radius 2 is 2.18 bits per heavy atom. The van der Waals surface area contributed by atoms with Crippen molar-refractivity contribution in [2.75, 3.05) is 0 Å². The maximum absolute atomic E-state index is 10.8. The highest BCUT2D eigenvalue weighted by atomic mass is 16.2. The number of Topliss-reactive ketones (excluding diaryl/α,β-unsaturated/α-hetero) is 1. The van der Waals surface area contributed by atoms with E-state index in [0.29, 0.717) is 12.8 Å². The molecule has 0 rings (SSSR count). The third-order valence-corrected chi connectivity index (χ3v) is 1.24. The second-order valence-corrected chi connectivity index (χ2v) is 1.97. The van der Waals surface area contributed by atoms with E-state index in [0.717, 1.165) is 0 Å². The van der Waals surface area contributed by atoms with Crippen molar-refractivity contribution in [1.82, 2.24) is 5.32 Å². The quantitative estimate of drug-likeness (QED) is 0.379. The van der Waals surface area contributed by atoms with E-state index < -0.39 is 17.7 Å². The summed E-state index contributed by atoms with van der Waals surface area (Å²) >= 11 is 0. The zero-order valence-corrected chi connectivity index (χ0v) is 6.16. The van der Waals surface area contributed by atoms with Gasteiger partial charge in [0.15, 0.2) is 0 Å². The Kier molecular flexibility index (Phi) is 3.87. The Hall–Kier alpha value is -1.39. The lowest BCUT2D eigenvalue weighted by Gasteiger charge is -2.08. The third-order valence-electron chi connectivity index (χ3n) is 1.24. The largest absolute Gasteiger partial charge is 0.363 e. The van der Waals surface area contributed by atoms with Gasteiger partial charge in [-0.15, -0.1) is 0 Å². The summed E-state index contributed by atoms with van der Waals surface area (Å²) in [5.74, 6) is -1.79. The average molecular weight is 158 g/mol. The molecule has 3 N–H and O–H groups in total. The zero-order valence-electron chi connectivity index (χ0n) is 6.16. The van der Waals surface area contributed by atoms with Gasteiger partial charge < -0.3 is 11.1 Å². The Balaban J connectivity index is 4.13. The molecule has 62 valence electrons. The van der Waals surface area contributed by atoms with E-state index in [-0.39, 0.29) is 0 Å². The van der Waals surface area contributed by atoms with Crippen molar-refractivity contribution in [3.05, 3.63) is 0 Å². The van der Waals surface area contributed by atoms with Crippen LogP contribution in [-0.4, -0.2) is 24.1 Å². The van der Waals surface area contributed by atoms with Crippen LogP contribution in [0.2, 0.25) is 0 Å². The van der Waals surface area contributed by atoms with Crippen molar-refractivity contribution in [3.8, 4) is 0 Å². The van der Waals surface area contributed by atoms with Crippen LogP contribution in [0.15, 0.2) is 0 Å². The van der Waals surface area contributed by atoms with E-state index in [4.69, 9.17) is 5.73 Å². The minimum Gasteiger partial charge on any atom is -0.363 e. The van der Waals surface area contributed by atoms with Crippen LogP contribution in [0.3, 0.4) is 0 Å². The van der Waals surface area contributed by atoms with E-state index in [9.17, 15) is 14.4 Å². The summed E-state index contributed by atoms with van der Waals surface area (Å²) in [5.41, 5.74) is 4.70. The monoisotopic (exact) mass is 158 g/mol. The fourth-order valence-corrected chi connectivity index (χ4v) is 0.633. The highest BCUT2D eigenvalue weighted by molar-refractivity contribution is 6.37. The molecule has 0 aliphatic rings. The van der Waals surface area contributed by atoms with Crippen LogP contribution in [0.25, 0.3) is 0 Å². The van der Waals surface area contributed by atoms with Gasteiger partial charge in [-0.05, 0) is 6.42 Å². The van der Waals surface area contributed by atoms with Crippen molar-refractivity contribution >= 4 is 18.1 Å². The fraction of sp³-hybridized carbons (Fsp3) is 0.500. The first kappa shape index (κ1) is 9.61. The fourth-order valence-electron chi connectivity index (χ4n) is 0.633. The van der Waals surface area contributed by atoms with Gasteiger partial charge in [-0.3, -0.25) is 14.4 Å². The van der Waals surface area contributed by atoms with Crippen LogP contribution in [0.4, 0.5) is 0 Å². The summed E-state index contributed by atoms with van der Waals surface area (Å²) in [5, 5.41) is 2.18. The van der Waals surface area contributed by atoms with Crippen molar-refractivity contribution in [1.29, 1.82) is 0 Å². The molecule has 0 fully saturated rings. The molecule has 0 spiro atoms. The van der Waals surface area contributed by atoms with Gasteiger partial charge in [-0.2, -0.15) is 0 Å². The lowest BCUT2D eigenvalue weighted by molar-refractivity contribution is -0.137. The Morgan fingerprint density at radius 3 is 2.45 bits per heavy atom. The number of carbonyl (C=O) groups is 3. The molecule has 0 saturated heterocycles. The maximum Gasteiger partial charge on any atom is 0.287 e. The number of carbonyl (C=O) groups excluding carboxylic acids is 3. The standard InChI is InChI=1S/C6H10N2O3/c1-2-4(8-3-9)5(10)6(7)11/h3-4H,2H2,1H3,(H2,7,11)(H,8,9). The van der Waals surface area contributed by atoms with Crippen LogP contribution >= 0.6 is 0 Å². The molecule has 5 heteroatoms. The second kappa shape index (κ2) is 4.43. The molecule has 5 nitrogen and oxygen atoms in total. The molecule has 1 atom stereocenters. The molecular formula is C6H10N2O3. The smallest absolute Gasteiger partial charge is 0.287 e. The van der Waals surface area contributed by atoms with E-state index >= 15 is 0 Å². The highest BCUT2D eigenvalue weighted by Crippen LogP contribution is 1.90. The van der Waals surface area contributed by atoms with Crippen LogP contribution in [-0.2, 0) is 14.4 Å². The van der Waals surface area contributed by atoms with Crippen molar-refractivity contribution in [2.45, 2.75) is 19.4 Å². The molecular weight excluding hydrogens is 148 g/mol. The molecule has 0 saturated carbocycles. The summed E-state index contributed by atoms with van der Waals surface area (Å²) in [6.45, 7) is 1.67. The molecule has 0 heterocycles. The summed E-state index contributed by atoms with van der Waals surface area (Å²) in [4.78, 5) is 30.9. The molecule has 0 aromatic rings. The summed E-state index contributed by atoms with van der Waals surface area (Å²) in [7, 11) is 0. The number of ketones is 1. The van der Waals surface area contributed by atoms with E-state index in [2.05, 4.69) is 5.32 Å². The molecule has 0 radical (unpaired) electrons. The topological polar surface area (TPSA) is 89.3 Å². The van der Waals surface area contributed by atoms with Crippen LogP contribution in [0.5, 0.6) is 0 Å². The number of nitrogens with two attached hydrogens (primary N) is 1. The highest BCUT2D eigenvalue weighted by Gasteiger charge is 2.19. The second-order valence-electron chi connectivity index (χ2n) is 1.97. The zero-order chi connectivity index (χ0) is 8.85. The van der Waals surface area contributed by atoms with Crippen LogP contribution in [0.1, 0.15) is 13.3 Å². The van der Waals surface area contributed by atoms with Gasteiger partial charge in [0.2, 0.25) is 12.2 Å². The lowest BCUT2D eigenvalue weighted by atomic mass is 10.1. The molecule has 0 aliphatic heterocycles. The molecule has 2 amide bonds. The van der Waals surface area contributed by atoms with E-state index in [1.807, 2.05) is 0 Å². The first-order valence-corrected chi connectivity index (χ1v) is 3.16. The molecule has 0 bridgehead atoms. The Labute approximate surface area is 63.9 Å². The number of amides is 2. The maximum atomic E-state index is 10.8. The third kappa shape index (κ3) is 2.79. The Morgan fingerprint density at radius 1 is 1.64 bits per heavy atom. The van der Waals surface area contributed by atoms with Gasteiger partial charge in [0.05, 0.1) is 6.04 Å². The number of primary amides is 1. The number of hydrogen-bond acceptors (Lipinski definition) is 3. The van der Waals surface area contributed by atoms with Gasteiger partial charge in [0.25, 0.3) is 5.91 Å². The molecule has 0 aromatic carbocycles. The summed E-state index contributed by atoms with van der Waals surface area (Å²) < 4.78 is 0. The minimum absolute atomic E-state index is 0.362. The first-order valence-electron chi connectivity index (χ1n) is 3.16. The van der Waals surface area contributed by atoms with Crippen LogP contribution < -0.4 is 11.1 Å². The number of rotatable bonds is 5. The predicted octanol–water partition coefficient (Wildman–Crippen LogP) is -1.43. The van der Waals surface area contributed by atoms with Gasteiger partial charge in [-0.25, -0.2) is 0 Å². The summed E-state index contributed by atoms with van der Waals surface area (Å²) in [6.07, 6.45) is 0.732. The van der Waals surface area contributed by atoms with E-state index in [1.54, 1.807) is 6.92 Å². The van der Waals surface area contributed by atoms with E-state index in [1.165, 1.54) is 0 Å². The van der Waals surface area contributed by atoms with Gasteiger partial charge in [-0.1, -0.05) is 6.92 Å². The molecule has 0 aromatic heterocycles. The van der Waals surface area contributed by atoms with Crippen molar-refractivity contribution in [2.24, 2.45) is 5.73 Å². The van der Waals surface area contributed by atoms with Crippen molar-refractivity contribution < 1.29 is 14.4 Å². The normalized spacial score (nSPS) is 11.7.